The summed E-state index contributed by atoms with van der Waals surface area (Å²) in [7, 11) is 0. The zero-order valence-electron chi connectivity index (χ0n) is 9.39. The van der Waals surface area contributed by atoms with Crippen LogP contribution in [0.2, 0.25) is 0 Å². The van der Waals surface area contributed by atoms with Crippen LogP contribution >= 0.6 is 22.6 Å². The molecule has 0 saturated carbocycles. The van der Waals surface area contributed by atoms with Gasteiger partial charge < -0.3 is 10.1 Å². The second-order valence-corrected chi connectivity index (χ2v) is 4.53. The lowest BCUT2D eigenvalue weighted by Crippen LogP contribution is -2.28. The Labute approximate surface area is 112 Å². The molecule has 0 aliphatic heterocycles. The Morgan fingerprint density at radius 1 is 1.47 bits per heavy atom. The molecule has 0 bridgehead atoms. The van der Waals surface area contributed by atoms with Crippen LogP contribution in [0.5, 0.6) is 0 Å². The van der Waals surface area contributed by atoms with Gasteiger partial charge in [0, 0.05) is 9.64 Å². The molecule has 0 heterocycles. The van der Waals surface area contributed by atoms with Crippen LogP contribution in [-0.2, 0) is 9.53 Å². The van der Waals surface area contributed by atoms with Crippen molar-refractivity contribution in [2.24, 2.45) is 0 Å². The topological polar surface area (TPSA) is 38.3 Å². The van der Waals surface area contributed by atoms with Gasteiger partial charge in [0.1, 0.15) is 6.04 Å². The number of carbonyl (C=O) groups excluding carboxylic acids is 1. The van der Waals surface area contributed by atoms with E-state index in [2.05, 4.69) is 5.32 Å². The molecule has 6 heteroatoms. The average Bonchev–Trinajstić information content (AvgIpc) is 2.26. The number of benzene rings is 1. The molecule has 0 aromatic heterocycles. The number of hydrogen-bond donors (Lipinski definition) is 1. The largest absolute Gasteiger partial charge is 0.464 e. The van der Waals surface area contributed by atoms with E-state index >= 15 is 0 Å². The Kier molecular flexibility index (Phi) is 5.10. The number of halogens is 3. The van der Waals surface area contributed by atoms with Crippen molar-refractivity contribution in [3.8, 4) is 0 Å². The number of rotatable bonds is 4. The molecule has 0 saturated heterocycles. The third kappa shape index (κ3) is 3.79. The minimum Gasteiger partial charge on any atom is -0.464 e. The lowest BCUT2D eigenvalue weighted by atomic mass is 10.2. The lowest BCUT2D eigenvalue weighted by Gasteiger charge is -2.15. The summed E-state index contributed by atoms with van der Waals surface area (Å²) in [5.41, 5.74) is 0.366. The monoisotopic (exact) mass is 355 g/mol. The highest BCUT2D eigenvalue weighted by molar-refractivity contribution is 14.1. The minimum atomic E-state index is -0.955. The molecule has 1 N–H and O–H groups in total. The Bertz CT molecular complexity index is 426. The summed E-state index contributed by atoms with van der Waals surface area (Å²) in [5.74, 6) is -2.30. The predicted molar refractivity (Wildman–Crippen MR) is 68.8 cm³/mol. The number of anilines is 1. The number of esters is 1. The first kappa shape index (κ1) is 14.1. The molecule has 1 atom stereocenters. The molecular formula is C11H12F2INO2. The number of carbonyl (C=O) groups is 1. The SMILES string of the molecule is CCOC(=O)[C@H](C)Nc1cc(F)c(F)cc1I. The standard InChI is InChI=1S/C11H12F2INO2/c1-3-17-11(16)6(2)15-10-5-8(13)7(12)4-9(10)14/h4-6,15H,3H2,1-2H3/t6-/m0/s1. The summed E-state index contributed by atoms with van der Waals surface area (Å²) in [5, 5.41) is 2.77. The molecule has 0 aliphatic carbocycles. The van der Waals surface area contributed by atoms with Crippen LogP contribution in [0.3, 0.4) is 0 Å². The number of ether oxygens (including phenoxy) is 1. The maximum Gasteiger partial charge on any atom is 0.328 e. The van der Waals surface area contributed by atoms with Gasteiger partial charge in [-0.1, -0.05) is 0 Å². The van der Waals surface area contributed by atoms with E-state index in [-0.39, 0.29) is 6.61 Å². The van der Waals surface area contributed by atoms with E-state index in [1.807, 2.05) is 22.6 Å². The second kappa shape index (κ2) is 6.13. The first-order valence-electron chi connectivity index (χ1n) is 5.03. The molecule has 94 valence electrons. The molecule has 1 rings (SSSR count). The van der Waals surface area contributed by atoms with E-state index < -0.39 is 23.6 Å². The van der Waals surface area contributed by atoms with E-state index in [9.17, 15) is 13.6 Å². The van der Waals surface area contributed by atoms with Gasteiger partial charge in [-0.25, -0.2) is 13.6 Å². The summed E-state index contributed by atoms with van der Waals surface area (Å²) in [6.07, 6.45) is 0. The Morgan fingerprint density at radius 2 is 2.06 bits per heavy atom. The summed E-state index contributed by atoms with van der Waals surface area (Å²) >= 11 is 1.86. The highest BCUT2D eigenvalue weighted by Crippen LogP contribution is 2.22. The normalized spacial score (nSPS) is 12.1. The van der Waals surface area contributed by atoms with Gasteiger partial charge in [0.2, 0.25) is 0 Å². The smallest absolute Gasteiger partial charge is 0.328 e. The number of hydrogen-bond acceptors (Lipinski definition) is 3. The predicted octanol–water partition coefficient (Wildman–Crippen LogP) is 2.93. The molecule has 3 nitrogen and oxygen atoms in total. The first-order chi connectivity index (χ1) is 7.95. The molecule has 0 amide bonds. The van der Waals surface area contributed by atoms with Crippen LogP contribution in [0.1, 0.15) is 13.8 Å². The maximum atomic E-state index is 13.0. The highest BCUT2D eigenvalue weighted by atomic mass is 127. The van der Waals surface area contributed by atoms with E-state index in [1.54, 1.807) is 13.8 Å². The summed E-state index contributed by atoms with van der Waals surface area (Å²) < 4.78 is 31.2. The fourth-order valence-corrected chi connectivity index (χ4v) is 1.78. The minimum absolute atomic E-state index is 0.278. The van der Waals surface area contributed by atoms with Crippen LogP contribution in [0.4, 0.5) is 14.5 Å². The molecule has 1 aromatic rings. The molecule has 0 radical (unpaired) electrons. The van der Waals surface area contributed by atoms with Gasteiger partial charge in [-0.15, -0.1) is 0 Å². The van der Waals surface area contributed by atoms with Crippen LogP contribution in [0.25, 0.3) is 0 Å². The van der Waals surface area contributed by atoms with Crippen LogP contribution in [0.15, 0.2) is 12.1 Å². The molecule has 0 spiro atoms. The fraction of sp³-hybridized carbons (Fsp3) is 0.364. The van der Waals surface area contributed by atoms with Crippen molar-refractivity contribution >= 4 is 34.2 Å². The molecule has 0 aliphatic rings. The van der Waals surface area contributed by atoms with Gasteiger partial charge in [-0.2, -0.15) is 0 Å². The van der Waals surface area contributed by atoms with Crippen LogP contribution < -0.4 is 5.32 Å². The van der Waals surface area contributed by atoms with E-state index in [1.165, 1.54) is 0 Å². The Balaban J connectivity index is 2.81. The van der Waals surface area contributed by atoms with Crippen molar-refractivity contribution in [1.29, 1.82) is 0 Å². The summed E-state index contributed by atoms with van der Waals surface area (Å²) in [6.45, 7) is 3.57. The van der Waals surface area contributed by atoms with Gasteiger partial charge in [0.05, 0.1) is 12.3 Å². The van der Waals surface area contributed by atoms with E-state index in [0.29, 0.717) is 9.26 Å². The molecule has 0 fully saturated rings. The summed E-state index contributed by atoms with van der Waals surface area (Å²) in [4.78, 5) is 11.4. The number of nitrogens with one attached hydrogen (secondary N) is 1. The van der Waals surface area contributed by atoms with E-state index in [4.69, 9.17) is 4.74 Å². The fourth-order valence-electron chi connectivity index (χ4n) is 1.19. The molecule has 17 heavy (non-hydrogen) atoms. The zero-order valence-corrected chi connectivity index (χ0v) is 11.5. The van der Waals surface area contributed by atoms with Gasteiger partial charge in [-0.05, 0) is 42.5 Å². The quantitative estimate of drug-likeness (QED) is 0.513. The Hall–Kier alpha value is -0.920. The second-order valence-electron chi connectivity index (χ2n) is 3.36. The van der Waals surface area contributed by atoms with Crippen molar-refractivity contribution < 1.29 is 18.3 Å². The van der Waals surface area contributed by atoms with Crippen molar-refractivity contribution in [2.45, 2.75) is 19.9 Å². The van der Waals surface area contributed by atoms with Gasteiger partial charge in [-0.3, -0.25) is 0 Å². The third-order valence-corrected chi connectivity index (χ3v) is 2.91. The average molecular weight is 355 g/mol. The summed E-state index contributed by atoms with van der Waals surface area (Å²) in [6, 6.07) is 1.47. The van der Waals surface area contributed by atoms with Gasteiger partial charge in [0.15, 0.2) is 11.6 Å². The molecular weight excluding hydrogens is 343 g/mol. The first-order valence-corrected chi connectivity index (χ1v) is 6.11. The van der Waals surface area contributed by atoms with E-state index in [0.717, 1.165) is 12.1 Å². The lowest BCUT2D eigenvalue weighted by molar-refractivity contribution is -0.143. The maximum absolute atomic E-state index is 13.0. The van der Waals surface area contributed by atoms with Crippen LogP contribution in [0, 0.1) is 15.2 Å². The highest BCUT2D eigenvalue weighted by Gasteiger charge is 2.16. The van der Waals surface area contributed by atoms with Crippen molar-refractivity contribution in [1.82, 2.24) is 0 Å². The van der Waals surface area contributed by atoms with Crippen molar-refractivity contribution in [3.05, 3.63) is 27.3 Å². The van der Waals surface area contributed by atoms with Crippen molar-refractivity contribution in [3.63, 3.8) is 0 Å². The van der Waals surface area contributed by atoms with Gasteiger partial charge >= 0.3 is 5.97 Å². The molecule has 1 aromatic carbocycles. The molecule has 0 unspecified atom stereocenters. The zero-order chi connectivity index (χ0) is 13.0. The van der Waals surface area contributed by atoms with Crippen molar-refractivity contribution in [2.75, 3.05) is 11.9 Å². The van der Waals surface area contributed by atoms with Crippen LogP contribution in [-0.4, -0.2) is 18.6 Å². The third-order valence-electron chi connectivity index (χ3n) is 2.02. The Morgan fingerprint density at radius 3 is 2.65 bits per heavy atom. The van der Waals surface area contributed by atoms with Gasteiger partial charge in [0.25, 0.3) is 0 Å².